The number of fused-ring (bicyclic) bond motifs is 3. The van der Waals surface area contributed by atoms with Crippen molar-refractivity contribution in [1.29, 1.82) is 0 Å². The number of carbonyl (C=O) groups is 2. The zero-order valence-electron chi connectivity index (χ0n) is 19.6. The maximum Gasteiger partial charge on any atom is 0.416 e. The van der Waals surface area contributed by atoms with Crippen molar-refractivity contribution in [1.82, 2.24) is 0 Å². The maximum absolute atomic E-state index is 13.7. The Labute approximate surface area is 224 Å². The monoisotopic (exact) mass is 542 g/mol. The number of hydrogen-bond acceptors (Lipinski definition) is 4. The molecule has 0 aliphatic heterocycles. The predicted molar refractivity (Wildman–Crippen MR) is 143 cm³/mol. The highest BCUT2D eigenvalue weighted by atomic mass is 32.2. The molecule has 0 bridgehead atoms. The van der Waals surface area contributed by atoms with Crippen molar-refractivity contribution in [3.63, 3.8) is 0 Å². The SMILES string of the molecule is O=C1c2cccc(Sc3ccc4ccccc4c3)c2C(=O)c2cccc(Sc3cccc(C(F)(F)F)c3)c21. The van der Waals surface area contributed by atoms with Crippen molar-refractivity contribution in [2.24, 2.45) is 0 Å². The fraction of sp³-hybridized carbons (Fsp3) is 0.0323. The minimum Gasteiger partial charge on any atom is -0.289 e. The van der Waals surface area contributed by atoms with E-state index in [1.54, 1.807) is 36.4 Å². The van der Waals surface area contributed by atoms with Gasteiger partial charge in [-0.05, 0) is 53.2 Å². The Hall–Kier alpha value is -3.81. The van der Waals surface area contributed by atoms with E-state index in [2.05, 4.69) is 0 Å². The predicted octanol–water partition coefficient (Wildman–Crippen LogP) is 8.94. The average molecular weight is 543 g/mol. The smallest absolute Gasteiger partial charge is 0.289 e. The molecule has 0 radical (unpaired) electrons. The molecule has 0 spiro atoms. The summed E-state index contributed by atoms with van der Waals surface area (Å²) in [6, 6.07) is 29.1. The van der Waals surface area contributed by atoms with Gasteiger partial charge in [0.2, 0.25) is 0 Å². The molecule has 6 rings (SSSR count). The van der Waals surface area contributed by atoms with Crippen molar-refractivity contribution in [3.05, 3.63) is 131 Å². The van der Waals surface area contributed by atoms with E-state index in [0.717, 1.165) is 39.6 Å². The average Bonchev–Trinajstić information content (AvgIpc) is 2.91. The van der Waals surface area contributed by atoms with Crippen LogP contribution in [0.1, 0.15) is 37.4 Å². The van der Waals surface area contributed by atoms with Gasteiger partial charge in [-0.2, -0.15) is 13.2 Å². The number of rotatable bonds is 4. The summed E-state index contributed by atoms with van der Waals surface area (Å²) < 4.78 is 39.7. The Kier molecular flexibility index (Phi) is 6.13. The van der Waals surface area contributed by atoms with Crippen LogP contribution in [0.5, 0.6) is 0 Å². The summed E-state index contributed by atoms with van der Waals surface area (Å²) in [5.74, 6) is -0.587. The third kappa shape index (κ3) is 4.42. The number of halogens is 3. The molecule has 0 amide bonds. The van der Waals surface area contributed by atoms with Gasteiger partial charge in [-0.25, -0.2) is 0 Å². The summed E-state index contributed by atoms with van der Waals surface area (Å²) >= 11 is 2.47. The van der Waals surface area contributed by atoms with Gasteiger partial charge in [-0.15, -0.1) is 0 Å². The lowest BCUT2D eigenvalue weighted by Gasteiger charge is -2.22. The van der Waals surface area contributed by atoms with Crippen LogP contribution >= 0.6 is 23.5 Å². The van der Waals surface area contributed by atoms with Gasteiger partial charge in [0, 0.05) is 41.8 Å². The van der Waals surface area contributed by atoms with Crippen LogP contribution in [0.25, 0.3) is 10.8 Å². The summed E-state index contributed by atoms with van der Waals surface area (Å²) in [5.41, 5.74) is 0.358. The number of alkyl halides is 3. The van der Waals surface area contributed by atoms with Gasteiger partial charge in [0.1, 0.15) is 0 Å². The lowest BCUT2D eigenvalue weighted by Crippen LogP contribution is -2.22. The first-order chi connectivity index (χ1) is 18.3. The van der Waals surface area contributed by atoms with Crippen molar-refractivity contribution in [2.75, 3.05) is 0 Å². The van der Waals surface area contributed by atoms with Gasteiger partial charge in [-0.3, -0.25) is 9.59 Å². The van der Waals surface area contributed by atoms with E-state index in [1.807, 2.05) is 48.5 Å². The molecule has 0 unspecified atom stereocenters. The Balaban J connectivity index is 1.38. The van der Waals surface area contributed by atoms with E-state index in [4.69, 9.17) is 0 Å². The minimum absolute atomic E-state index is 0.222. The van der Waals surface area contributed by atoms with E-state index in [-0.39, 0.29) is 22.7 Å². The third-order valence-corrected chi connectivity index (χ3v) is 8.43. The van der Waals surface area contributed by atoms with Crippen LogP contribution in [0.4, 0.5) is 13.2 Å². The molecule has 0 fully saturated rings. The lowest BCUT2D eigenvalue weighted by molar-refractivity contribution is -0.137. The van der Waals surface area contributed by atoms with Gasteiger partial charge in [-0.1, -0.05) is 84.2 Å². The molecule has 5 aromatic rings. The van der Waals surface area contributed by atoms with Crippen LogP contribution < -0.4 is 0 Å². The molecular formula is C31H17F3O2S2. The summed E-state index contributed by atoms with van der Waals surface area (Å²) in [6.45, 7) is 0. The zero-order chi connectivity index (χ0) is 26.4. The molecule has 1 aliphatic rings. The molecule has 2 nitrogen and oxygen atoms in total. The summed E-state index contributed by atoms with van der Waals surface area (Å²) in [6.07, 6.45) is -4.48. The molecule has 0 N–H and O–H groups in total. The number of ketones is 2. The first kappa shape index (κ1) is 24.5. The maximum atomic E-state index is 13.7. The molecule has 0 heterocycles. The molecule has 0 saturated carbocycles. The van der Waals surface area contributed by atoms with Gasteiger partial charge in [0.05, 0.1) is 5.56 Å². The van der Waals surface area contributed by atoms with Crippen LogP contribution in [-0.4, -0.2) is 11.6 Å². The van der Waals surface area contributed by atoms with E-state index in [0.29, 0.717) is 25.8 Å². The van der Waals surface area contributed by atoms with E-state index >= 15 is 0 Å². The highest BCUT2D eigenvalue weighted by Gasteiger charge is 2.34. The second kappa shape index (κ2) is 9.49. The van der Waals surface area contributed by atoms with Crippen LogP contribution in [-0.2, 0) is 6.18 Å². The number of hydrogen-bond donors (Lipinski definition) is 0. The van der Waals surface area contributed by atoms with Crippen molar-refractivity contribution >= 4 is 45.9 Å². The molecule has 38 heavy (non-hydrogen) atoms. The second-order valence-corrected chi connectivity index (χ2v) is 11.0. The molecule has 5 aromatic carbocycles. The van der Waals surface area contributed by atoms with Crippen molar-refractivity contribution in [2.45, 2.75) is 25.8 Å². The molecule has 1 aliphatic carbocycles. The Morgan fingerprint density at radius 3 is 1.68 bits per heavy atom. The number of carbonyl (C=O) groups excluding carboxylic acids is 2. The van der Waals surface area contributed by atoms with Crippen LogP contribution in [0.2, 0.25) is 0 Å². The van der Waals surface area contributed by atoms with Crippen molar-refractivity contribution in [3.8, 4) is 0 Å². The Morgan fingerprint density at radius 1 is 0.526 bits per heavy atom. The highest BCUT2D eigenvalue weighted by Crippen LogP contribution is 2.42. The van der Waals surface area contributed by atoms with Crippen LogP contribution in [0.3, 0.4) is 0 Å². The summed E-state index contributed by atoms with van der Waals surface area (Å²) in [7, 11) is 0. The zero-order valence-corrected chi connectivity index (χ0v) is 21.2. The first-order valence-corrected chi connectivity index (χ1v) is 13.3. The normalized spacial score (nSPS) is 12.9. The first-order valence-electron chi connectivity index (χ1n) is 11.7. The molecule has 0 saturated heterocycles. The largest absolute Gasteiger partial charge is 0.416 e. The fourth-order valence-corrected chi connectivity index (χ4v) is 6.63. The molecule has 0 atom stereocenters. The third-order valence-electron chi connectivity index (χ3n) is 6.33. The van der Waals surface area contributed by atoms with Crippen LogP contribution in [0, 0.1) is 0 Å². The van der Waals surface area contributed by atoms with E-state index in [1.165, 1.54) is 17.8 Å². The highest BCUT2D eigenvalue weighted by molar-refractivity contribution is 7.99. The van der Waals surface area contributed by atoms with Crippen LogP contribution in [0.15, 0.2) is 123 Å². The molecular weight excluding hydrogens is 525 g/mol. The topological polar surface area (TPSA) is 34.1 Å². The van der Waals surface area contributed by atoms with E-state index < -0.39 is 11.7 Å². The standard InChI is InChI=1S/C31H17F3O2S2/c32-31(33,34)20-8-3-9-21(17-20)37-25-12-4-10-23-27(25)29(35)24-11-5-13-26(28(24)30(23)36)38-22-15-14-18-6-1-2-7-19(18)16-22/h1-17H. The Morgan fingerprint density at radius 2 is 1.08 bits per heavy atom. The quantitative estimate of drug-likeness (QED) is 0.223. The fourth-order valence-electron chi connectivity index (χ4n) is 4.57. The van der Waals surface area contributed by atoms with E-state index in [9.17, 15) is 22.8 Å². The summed E-state index contributed by atoms with van der Waals surface area (Å²) in [4.78, 5) is 29.9. The molecule has 0 aromatic heterocycles. The van der Waals surface area contributed by atoms with Gasteiger partial charge in [0.15, 0.2) is 11.6 Å². The van der Waals surface area contributed by atoms with Gasteiger partial charge < -0.3 is 0 Å². The van der Waals surface area contributed by atoms with Crippen molar-refractivity contribution < 1.29 is 22.8 Å². The van der Waals surface area contributed by atoms with Gasteiger partial charge in [0.25, 0.3) is 0 Å². The van der Waals surface area contributed by atoms with Gasteiger partial charge >= 0.3 is 6.18 Å². The number of benzene rings is 5. The second-order valence-electron chi connectivity index (χ2n) is 8.75. The Bertz CT molecular complexity index is 1760. The molecule has 7 heteroatoms. The lowest BCUT2D eigenvalue weighted by atomic mass is 9.84. The summed E-state index contributed by atoms with van der Waals surface area (Å²) in [5, 5.41) is 2.18. The minimum atomic E-state index is -4.48. The molecule has 186 valence electrons.